The van der Waals surface area contributed by atoms with Gasteiger partial charge >= 0.3 is 12.1 Å². The van der Waals surface area contributed by atoms with E-state index in [1.54, 1.807) is 0 Å². The van der Waals surface area contributed by atoms with Gasteiger partial charge in [-0.25, -0.2) is 18.6 Å². The first-order valence-electron chi connectivity index (χ1n) is 4.51. The standard InChI is InChI=1S/C9H7F5N2O2/c10-7(11)6-3(8(17)18)1-5(9(12,13)14)16-4(6)2-15/h1,7H,2,15H2,(H,17,18). The van der Waals surface area contributed by atoms with E-state index in [0.29, 0.717) is 0 Å². The zero-order chi connectivity index (χ0) is 14.1. The van der Waals surface area contributed by atoms with E-state index in [-0.39, 0.29) is 6.07 Å². The van der Waals surface area contributed by atoms with Crippen molar-refractivity contribution >= 4 is 5.97 Å². The number of rotatable bonds is 3. The van der Waals surface area contributed by atoms with E-state index in [2.05, 4.69) is 4.98 Å². The normalized spacial score (nSPS) is 11.9. The van der Waals surface area contributed by atoms with Crippen molar-refractivity contribution in [2.45, 2.75) is 19.1 Å². The molecule has 4 nitrogen and oxygen atoms in total. The predicted octanol–water partition coefficient (Wildman–Crippen LogP) is 2.19. The van der Waals surface area contributed by atoms with E-state index in [1.807, 2.05) is 0 Å². The lowest BCUT2D eigenvalue weighted by molar-refractivity contribution is -0.141. The molecule has 0 aromatic carbocycles. The average molecular weight is 270 g/mol. The molecule has 0 fully saturated rings. The third-order valence-electron chi connectivity index (χ3n) is 2.07. The maximum Gasteiger partial charge on any atom is 0.433 e. The van der Waals surface area contributed by atoms with Crippen LogP contribution in [0.15, 0.2) is 6.07 Å². The predicted molar refractivity (Wildman–Crippen MR) is 49.0 cm³/mol. The Hall–Kier alpha value is -1.77. The minimum atomic E-state index is -4.94. The Morgan fingerprint density at radius 1 is 1.44 bits per heavy atom. The van der Waals surface area contributed by atoms with Crippen molar-refractivity contribution in [2.24, 2.45) is 5.73 Å². The first-order valence-corrected chi connectivity index (χ1v) is 4.51. The van der Waals surface area contributed by atoms with E-state index < -0.39 is 47.6 Å². The molecule has 0 saturated heterocycles. The fourth-order valence-corrected chi connectivity index (χ4v) is 1.33. The monoisotopic (exact) mass is 270 g/mol. The minimum Gasteiger partial charge on any atom is -0.478 e. The van der Waals surface area contributed by atoms with Crippen molar-refractivity contribution in [1.29, 1.82) is 0 Å². The van der Waals surface area contributed by atoms with Crippen LogP contribution in [-0.4, -0.2) is 16.1 Å². The number of alkyl halides is 5. The molecule has 100 valence electrons. The molecule has 1 aromatic rings. The van der Waals surface area contributed by atoms with Crippen LogP contribution >= 0.6 is 0 Å². The maximum atomic E-state index is 12.6. The van der Waals surface area contributed by atoms with Gasteiger partial charge in [-0.1, -0.05) is 0 Å². The second-order valence-electron chi connectivity index (χ2n) is 3.22. The zero-order valence-electron chi connectivity index (χ0n) is 8.63. The van der Waals surface area contributed by atoms with E-state index in [4.69, 9.17) is 10.8 Å². The highest BCUT2D eigenvalue weighted by Crippen LogP contribution is 2.33. The van der Waals surface area contributed by atoms with E-state index >= 15 is 0 Å². The SMILES string of the molecule is NCc1nc(C(F)(F)F)cc(C(=O)O)c1C(F)F. The number of halogens is 5. The maximum absolute atomic E-state index is 12.6. The molecule has 3 N–H and O–H groups in total. The molecule has 1 rings (SSSR count). The van der Waals surface area contributed by atoms with Crippen LogP contribution in [0.2, 0.25) is 0 Å². The van der Waals surface area contributed by atoms with Crippen LogP contribution in [0.4, 0.5) is 22.0 Å². The molecule has 1 heterocycles. The highest BCUT2D eigenvalue weighted by Gasteiger charge is 2.36. The zero-order valence-corrected chi connectivity index (χ0v) is 8.63. The van der Waals surface area contributed by atoms with E-state index in [0.717, 1.165) is 0 Å². The summed E-state index contributed by atoms with van der Waals surface area (Å²) in [6, 6.07) is 0.0724. The molecule has 0 saturated carbocycles. The summed E-state index contributed by atoms with van der Waals surface area (Å²) < 4.78 is 62.4. The molecular weight excluding hydrogens is 263 g/mol. The van der Waals surface area contributed by atoms with Gasteiger partial charge in [0.2, 0.25) is 0 Å². The Labute approximate surface area is 97.2 Å². The third kappa shape index (κ3) is 2.73. The van der Waals surface area contributed by atoms with Crippen LogP contribution in [0.5, 0.6) is 0 Å². The summed E-state index contributed by atoms with van der Waals surface area (Å²) in [4.78, 5) is 13.6. The van der Waals surface area contributed by atoms with Gasteiger partial charge in [-0.3, -0.25) is 0 Å². The molecule has 0 atom stereocenters. The molecule has 0 spiro atoms. The fraction of sp³-hybridized carbons (Fsp3) is 0.333. The van der Waals surface area contributed by atoms with Gasteiger partial charge in [-0.2, -0.15) is 13.2 Å². The molecule has 1 aromatic heterocycles. The highest BCUT2D eigenvalue weighted by atomic mass is 19.4. The lowest BCUT2D eigenvalue weighted by Gasteiger charge is -2.14. The fourth-order valence-electron chi connectivity index (χ4n) is 1.33. The van der Waals surface area contributed by atoms with Crippen LogP contribution in [0.25, 0.3) is 0 Å². The molecule has 0 bridgehead atoms. The molecule has 0 aliphatic carbocycles. The third-order valence-corrected chi connectivity index (χ3v) is 2.07. The van der Waals surface area contributed by atoms with Gasteiger partial charge in [0, 0.05) is 6.54 Å². The van der Waals surface area contributed by atoms with Crippen LogP contribution in [-0.2, 0) is 12.7 Å². The van der Waals surface area contributed by atoms with Gasteiger partial charge in [0.25, 0.3) is 6.43 Å². The van der Waals surface area contributed by atoms with Crippen molar-refractivity contribution in [3.8, 4) is 0 Å². The van der Waals surface area contributed by atoms with Crippen molar-refractivity contribution < 1.29 is 31.9 Å². The quantitative estimate of drug-likeness (QED) is 0.825. The Morgan fingerprint density at radius 3 is 2.33 bits per heavy atom. The summed E-state index contributed by atoms with van der Waals surface area (Å²) >= 11 is 0. The number of hydrogen-bond donors (Lipinski definition) is 2. The number of aromatic carboxylic acids is 1. The van der Waals surface area contributed by atoms with Crippen LogP contribution in [0.3, 0.4) is 0 Å². The Kier molecular flexibility index (Phi) is 3.85. The lowest BCUT2D eigenvalue weighted by atomic mass is 10.0. The first kappa shape index (κ1) is 14.3. The van der Waals surface area contributed by atoms with Crippen LogP contribution in [0.1, 0.15) is 33.7 Å². The Bertz CT molecular complexity index is 473. The topological polar surface area (TPSA) is 76.2 Å². The molecule has 0 radical (unpaired) electrons. The molecular formula is C9H7F5N2O2. The smallest absolute Gasteiger partial charge is 0.433 e. The van der Waals surface area contributed by atoms with Gasteiger partial charge in [0.05, 0.1) is 16.8 Å². The molecule has 9 heteroatoms. The molecule has 18 heavy (non-hydrogen) atoms. The van der Waals surface area contributed by atoms with Crippen molar-refractivity contribution in [3.05, 3.63) is 28.6 Å². The number of nitrogens with two attached hydrogens (primary N) is 1. The summed E-state index contributed by atoms with van der Waals surface area (Å²) in [5, 5.41) is 8.66. The van der Waals surface area contributed by atoms with Crippen LogP contribution in [0, 0.1) is 0 Å². The number of carboxylic acid groups (broad SMARTS) is 1. The number of nitrogens with zero attached hydrogens (tertiary/aromatic N) is 1. The van der Waals surface area contributed by atoms with Crippen molar-refractivity contribution in [3.63, 3.8) is 0 Å². The number of pyridine rings is 1. The lowest BCUT2D eigenvalue weighted by Crippen LogP contribution is -2.18. The molecule has 0 amide bonds. The van der Waals surface area contributed by atoms with Gasteiger partial charge in [0.1, 0.15) is 5.69 Å². The van der Waals surface area contributed by atoms with E-state index in [1.165, 1.54) is 0 Å². The van der Waals surface area contributed by atoms with Gasteiger partial charge in [0.15, 0.2) is 0 Å². The highest BCUT2D eigenvalue weighted by molar-refractivity contribution is 5.90. The Balaban J connectivity index is 3.59. The second-order valence-corrected chi connectivity index (χ2v) is 3.22. The molecule has 0 aliphatic heterocycles. The van der Waals surface area contributed by atoms with Gasteiger partial charge in [-0.05, 0) is 6.07 Å². The average Bonchev–Trinajstić information content (AvgIpc) is 2.25. The summed E-state index contributed by atoms with van der Waals surface area (Å²) in [6.45, 7) is -0.718. The second kappa shape index (κ2) is 4.84. The Morgan fingerprint density at radius 2 is 2.00 bits per heavy atom. The summed E-state index contributed by atoms with van der Waals surface area (Å²) in [5.41, 5.74) is 0.437. The molecule has 0 aliphatic rings. The number of carboxylic acids is 1. The van der Waals surface area contributed by atoms with Crippen LogP contribution < -0.4 is 5.73 Å². The minimum absolute atomic E-state index is 0.0724. The summed E-state index contributed by atoms with van der Waals surface area (Å²) in [6.07, 6.45) is -8.21. The first-order chi connectivity index (χ1) is 8.18. The van der Waals surface area contributed by atoms with Crippen molar-refractivity contribution in [2.75, 3.05) is 0 Å². The summed E-state index contributed by atoms with van der Waals surface area (Å²) in [7, 11) is 0. The van der Waals surface area contributed by atoms with Gasteiger partial charge < -0.3 is 10.8 Å². The summed E-state index contributed by atoms with van der Waals surface area (Å²) in [5.74, 6) is -1.90. The number of carbonyl (C=O) groups is 1. The number of hydrogen-bond acceptors (Lipinski definition) is 3. The molecule has 0 unspecified atom stereocenters. The van der Waals surface area contributed by atoms with Crippen molar-refractivity contribution in [1.82, 2.24) is 4.98 Å². The largest absolute Gasteiger partial charge is 0.478 e. The number of aromatic nitrogens is 1. The van der Waals surface area contributed by atoms with Gasteiger partial charge in [-0.15, -0.1) is 0 Å². The van der Waals surface area contributed by atoms with E-state index in [9.17, 15) is 26.7 Å².